The summed E-state index contributed by atoms with van der Waals surface area (Å²) < 4.78 is 6.77. The van der Waals surface area contributed by atoms with Gasteiger partial charge in [-0.2, -0.15) is 4.68 Å². The van der Waals surface area contributed by atoms with Crippen LogP contribution in [0.4, 0.5) is 0 Å². The monoisotopic (exact) mass is 281 g/mol. The van der Waals surface area contributed by atoms with E-state index in [-0.39, 0.29) is 0 Å². The topological polar surface area (TPSA) is 64.9 Å². The number of halogens is 1. The van der Waals surface area contributed by atoms with Crippen LogP contribution in [0.1, 0.15) is 19.7 Å². The zero-order chi connectivity index (χ0) is 13.8. The van der Waals surface area contributed by atoms with Gasteiger partial charge in [0.15, 0.2) is 5.82 Å². The summed E-state index contributed by atoms with van der Waals surface area (Å²) in [7, 11) is 1.58. The highest BCUT2D eigenvalue weighted by Crippen LogP contribution is 2.26. The molecule has 1 heterocycles. The van der Waals surface area contributed by atoms with Crippen LogP contribution in [-0.2, 0) is 6.54 Å². The average Bonchev–Trinajstić information content (AvgIpc) is 2.84. The third-order valence-electron chi connectivity index (χ3n) is 2.58. The molecule has 0 aliphatic heterocycles. The van der Waals surface area contributed by atoms with E-state index in [0.717, 1.165) is 11.5 Å². The molecular weight excluding hydrogens is 266 g/mol. The molecule has 0 saturated carbocycles. The normalized spacial score (nSPS) is 11.0. The van der Waals surface area contributed by atoms with Crippen LogP contribution >= 0.6 is 11.6 Å². The summed E-state index contributed by atoms with van der Waals surface area (Å²) in [6, 6.07) is 5.79. The lowest BCUT2D eigenvalue weighted by molar-refractivity contribution is 0.415. The fraction of sp³-hybridized carbons (Fsp3) is 0.417. The Morgan fingerprint density at radius 1 is 1.42 bits per heavy atom. The third kappa shape index (κ3) is 3.21. The maximum absolute atomic E-state index is 6.10. The number of tetrazole rings is 1. The van der Waals surface area contributed by atoms with Gasteiger partial charge in [0.2, 0.25) is 0 Å². The Bertz CT molecular complexity index is 555. The van der Waals surface area contributed by atoms with Gasteiger partial charge in [0, 0.05) is 6.04 Å². The molecule has 19 heavy (non-hydrogen) atoms. The van der Waals surface area contributed by atoms with Crippen LogP contribution in [-0.4, -0.2) is 33.4 Å². The van der Waals surface area contributed by atoms with Crippen molar-refractivity contribution in [3.05, 3.63) is 29.0 Å². The van der Waals surface area contributed by atoms with Crippen molar-refractivity contribution in [1.29, 1.82) is 0 Å². The van der Waals surface area contributed by atoms with Gasteiger partial charge in [-0.3, -0.25) is 0 Å². The van der Waals surface area contributed by atoms with Crippen molar-refractivity contribution < 1.29 is 4.74 Å². The van der Waals surface area contributed by atoms with E-state index in [4.69, 9.17) is 16.3 Å². The van der Waals surface area contributed by atoms with Crippen molar-refractivity contribution in [2.45, 2.75) is 26.4 Å². The first-order chi connectivity index (χ1) is 9.11. The van der Waals surface area contributed by atoms with Crippen LogP contribution in [0.15, 0.2) is 18.2 Å². The van der Waals surface area contributed by atoms with Crippen molar-refractivity contribution >= 4 is 11.6 Å². The van der Waals surface area contributed by atoms with Crippen LogP contribution in [0.2, 0.25) is 5.02 Å². The Labute approximate surface area is 116 Å². The Kier molecular flexibility index (Phi) is 4.34. The molecule has 1 aromatic carbocycles. The number of ether oxygens (including phenoxy) is 1. The van der Waals surface area contributed by atoms with Gasteiger partial charge in [-0.05, 0) is 28.6 Å². The molecule has 1 aromatic heterocycles. The van der Waals surface area contributed by atoms with Gasteiger partial charge in [0.1, 0.15) is 5.75 Å². The Morgan fingerprint density at radius 2 is 2.21 bits per heavy atom. The van der Waals surface area contributed by atoms with E-state index >= 15 is 0 Å². The molecule has 0 aliphatic carbocycles. The molecule has 1 N–H and O–H groups in total. The summed E-state index contributed by atoms with van der Waals surface area (Å²) in [6.45, 7) is 4.73. The van der Waals surface area contributed by atoms with Crippen LogP contribution in [0.25, 0.3) is 5.69 Å². The molecule has 0 saturated heterocycles. The number of nitrogens with one attached hydrogen (secondary N) is 1. The van der Waals surface area contributed by atoms with Crippen molar-refractivity contribution in [2.75, 3.05) is 7.11 Å². The highest BCUT2D eigenvalue weighted by molar-refractivity contribution is 6.32. The molecule has 2 aromatic rings. The average molecular weight is 282 g/mol. The minimum atomic E-state index is 0.365. The van der Waals surface area contributed by atoms with E-state index in [1.54, 1.807) is 23.9 Å². The lowest BCUT2D eigenvalue weighted by Crippen LogP contribution is -2.24. The summed E-state index contributed by atoms with van der Waals surface area (Å²) >= 11 is 6.10. The van der Waals surface area contributed by atoms with Crippen molar-refractivity contribution in [3.8, 4) is 11.4 Å². The summed E-state index contributed by atoms with van der Waals surface area (Å²) in [6.07, 6.45) is 0. The second-order valence-corrected chi connectivity index (χ2v) is 4.77. The molecule has 0 aliphatic rings. The van der Waals surface area contributed by atoms with Gasteiger partial charge >= 0.3 is 0 Å². The van der Waals surface area contributed by atoms with Gasteiger partial charge in [-0.1, -0.05) is 25.4 Å². The first kappa shape index (κ1) is 13.8. The highest BCUT2D eigenvalue weighted by Gasteiger charge is 2.10. The number of rotatable bonds is 5. The van der Waals surface area contributed by atoms with E-state index in [0.29, 0.717) is 23.4 Å². The Balaban J connectivity index is 2.27. The number of hydrogen-bond donors (Lipinski definition) is 1. The predicted octanol–water partition coefficient (Wildman–Crippen LogP) is 1.82. The summed E-state index contributed by atoms with van der Waals surface area (Å²) in [5, 5.41) is 15.5. The van der Waals surface area contributed by atoms with E-state index in [9.17, 15) is 0 Å². The Morgan fingerprint density at radius 3 is 2.84 bits per heavy atom. The van der Waals surface area contributed by atoms with E-state index in [2.05, 4.69) is 34.7 Å². The van der Waals surface area contributed by atoms with Crippen molar-refractivity contribution in [1.82, 2.24) is 25.5 Å². The maximum Gasteiger partial charge on any atom is 0.170 e. The summed E-state index contributed by atoms with van der Waals surface area (Å²) in [5.41, 5.74) is 0.802. The molecule has 0 unspecified atom stereocenters. The standard InChI is InChI=1S/C12H16ClN5O/c1-8(2)14-7-12-15-16-17-18(12)9-4-5-11(19-3)10(13)6-9/h4-6,8,14H,7H2,1-3H3. The van der Waals surface area contributed by atoms with Crippen LogP contribution in [0.5, 0.6) is 5.75 Å². The largest absolute Gasteiger partial charge is 0.495 e. The molecule has 6 nitrogen and oxygen atoms in total. The predicted molar refractivity (Wildman–Crippen MR) is 72.7 cm³/mol. The summed E-state index contributed by atoms with van der Waals surface area (Å²) in [5.74, 6) is 1.36. The zero-order valence-electron chi connectivity index (χ0n) is 11.1. The molecule has 0 atom stereocenters. The van der Waals surface area contributed by atoms with Gasteiger partial charge in [0.05, 0.1) is 24.4 Å². The first-order valence-electron chi connectivity index (χ1n) is 5.96. The van der Waals surface area contributed by atoms with Gasteiger partial charge < -0.3 is 10.1 Å². The van der Waals surface area contributed by atoms with Crippen LogP contribution < -0.4 is 10.1 Å². The SMILES string of the molecule is COc1ccc(-n2nnnc2CNC(C)C)cc1Cl. The molecule has 0 radical (unpaired) electrons. The molecule has 0 spiro atoms. The molecule has 0 bridgehead atoms. The molecule has 0 fully saturated rings. The zero-order valence-corrected chi connectivity index (χ0v) is 11.8. The second kappa shape index (κ2) is 5.99. The number of nitrogens with zero attached hydrogens (tertiary/aromatic N) is 4. The lowest BCUT2D eigenvalue weighted by atomic mass is 10.3. The number of benzene rings is 1. The smallest absolute Gasteiger partial charge is 0.170 e. The minimum absolute atomic E-state index is 0.365. The highest BCUT2D eigenvalue weighted by atomic mass is 35.5. The van der Waals surface area contributed by atoms with Crippen molar-refractivity contribution in [2.24, 2.45) is 0 Å². The van der Waals surface area contributed by atoms with Crippen molar-refractivity contribution in [3.63, 3.8) is 0 Å². The Hall–Kier alpha value is -1.66. The maximum atomic E-state index is 6.10. The van der Waals surface area contributed by atoms with Gasteiger partial charge in [-0.15, -0.1) is 5.10 Å². The number of methoxy groups -OCH3 is 1. The van der Waals surface area contributed by atoms with Crippen LogP contribution in [0, 0.1) is 0 Å². The summed E-state index contributed by atoms with van der Waals surface area (Å²) in [4.78, 5) is 0. The molecule has 102 valence electrons. The van der Waals surface area contributed by atoms with E-state index in [1.807, 2.05) is 6.07 Å². The first-order valence-corrected chi connectivity index (χ1v) is 6.34. The lowest BCUT2D eigenvalue weighted by Gasteiger charge is -2.09. The molecule has 0 amide bonds. The minimum Gasteiger partial charge on any atom is -0.495 e. The number of hydrogen-bond acceptors (Lipinski definition) is 5. The van der Waals surface area contributed by atoms with Gasteiger partial charge in [-0.25, -0.2) is 0 Å². The fourth-order valence-corrected chi connectivity index (χ4v) is 1.85. The van der Waals surface area contributed by atoms with E-state index in [1.165, 1.54) is 0 Å². The quantitative estimate of drug-likeness (QED) is 0.906. The second-order valence-electron chi connectivity index (χ2n) is 4.36. The van der Waals surface area contributed by atoms with Gasteiger partial charge in [0.25, 0.3) is 0 Å². The fourth-order valence-electron chi connectivity index (χ4n) is 1.60. The number of aromatic nitrogens is 4. The molecular formula is C12H16ClN5O. The van der Waals surface area contributed by atoms with Crippen LogP contribution in [0.3, 0.4) is 0 Å². The molecule has 2 rings (SSSR count). The van der Waals surface area contributed by atoms with E-state index < -0.39 is 0 Å². The molecule has 7 heteroatoms. The third-order valence-corrected chi connectivity index (χ3v) is 2.88.